The molecule has 0 bridgehead atoms. The molecule has 1 aliphatic rings. The maximum Gasteiger partial charge on any atom is 0.404 e. The van der Waals surface area contributed by atoms with Gasteiger partial charge in [0.05, 0.1) is 19.8 Å². The van der Waals surface area contributed by atoms with Gasteiger partial charge in [-0.3, -0.25) is 9.63 Å². The largest absolute Gasteiger partial charge is 0.465 e. The zero-order chi connectivity index (χ0) is 12.1. The number of carbonyl (C=O) groups excluding carboxylic acids is 1. The van der Waals surface area contributed by atoms with Crippen LogP contribution in [0.5, 0.6) is 0 Å². The first-order chi connectivity index (χ1) is 7.54. The third-order valence-electron chi connectivity index (χ3n) is 2.46. The van der Waals surface area contributed by atoms with E-state index in [1.807, 2.05) is 0 Å². The highest BCUT2D eigenvalue weighted by molar-refractivity contribution is 5.79. The molecule has 92 valence electrons. The smallest absolute Gasteiger partial charge is 0.404 e. The molecule has 2 N–H and O–H groups in total. The van der Waals surface area contributed by atoms with Crippen molar-refractivity contribution in [3.05, 3.63) is 0 Å². The molecule has 1 heterocycles. The van der Waals surface area contributed by atoms with Crippen LogP contribution in [0.4, 0.5) is 4.79 Å². The van der Waals surface area contributed by atoms with Crippen LogP contribution in [0.25, 0.3) is 0 Å². The minimum Gasteiger partial charge on any atom is -0.465 e. The molecule has 0 unspecified atom stereocenters. The van der Waals surface area contributed by atoms with Gasteiger partial charge in [0, 0.05) is 7.05 Å². The summed E-state index contributed by atoms with van der Waals surface area (Å²) in [6, 6.07) is -0.241. The molecule has 0 aromatic carbocycles. The van der Waals surface area contributed by atoms with Crippen molar-refractivity contribution in [2.24, 2.45) is 0 Å². The van der Waals surface area contributed by atoms with Crippen LogP contribution in [0.3, 0.4) is 0 Å². The number of hydroxylamine groups is 2. The second-order valence-electron chi connectivity index (χ2n) is 3.56. The Hall–Kier alpha value is -1.34. The van der Waals surface area contributed by atoms with Crippen LogP contribution in [0, 0.1) is 0 Å². The van der Waals surface area contributed by atoms with Crippen molar-refractivity contribution < 1.29 is 24.3 Å². The van der Waals surface area contributed by atoms with E-state index in [9.17, 15) is 9.59 Å². The molecule has 1 saturated heterocycles. The number of hydrogen-bond donors (Lipinski definition) is 2. The average molecular weight is 232 g/mol. The predicted octanol–water partition coefficient (Wildman–Crippen LogP) is -0.179. The molecule has 0 spiro atoms. The molecule has 16 heavy (non-hydrogen) atoms. The zero-order valence-corrected chi connectivity index (χ0v) is 9.30. The maximum atomic E-state index is 11.6. The first-order valence-electron chi connectivity index (χ1n) is 4.97. The van der Waals surface area contributed by atoms with Crippen molar-refractivity contribution >= 4 is 12.0 Å². The van der Waals surface area contributed by atoms with Crippen molar-refractivity contribution in [2.45, 2.75) is 25.0 Å². The van der Waals surface area contributed by atoms with E-state index in [0.29, 0.717) is 12.8 Å². The molecule has 0 radical (unpaired) electrons. The monoisotopic (exact) mass is 232 g/mol. The third kappa shape index (κ3) is 3.35. The molecular weight excluding hydrogens is 216 g/mol. The van der Waals surface area contributed by atoms with Crippen molar-refractivity contribution in [1.82, 2.24) is 10.4 Å². The van der Waals surface area contributed by atoms with Crippen LogP contribution in [-0.4, -0.2) is 55.1 Å². The molecule has 7 heteroatoms. The van der Waals surface area contributed by atoms with Crippen LogP contribution < -0.4 is 5.32 Å². The molecule has 0 aromatic heterocycles. The van der Waals surface area contributed by atoms with E-state index in [2.05, 4.69) is 5.32 Å². The van der Waals surface area contributed by atoms with Gasteiger partial charge in [0.2, 0.25) is 0 Å². The van der Waals surface area contributed by atoms with E-state index in [1.165, 1.54) is 14.2 Å². The number of nitrogens with one attached hydrogen (secondary N) is 1. The summed E-state index contributed by atoms with van der Waals surface area (Å²) in [5, 5.41) is 11.9. The Labute approximate surface area is 93.3 Å². The van der Waals surface area contributed by atoms with Gasteiger partial charge < -0.3 is 15.2 Å². The van der Waals surface area contributed by atoms with Gasteiger partial charge in [-0.05, 0) is 12.8 Å². The quantitative estimate of drug-likeness (QED) is 0.659. The van der Waals surface area contributed by atoms with Crippen LogP contribution in [-0.2, 0) is 14.4 Å². The zero-order valence-electron chi connectivity index (χ0n) is 9.30. The van der Waals surface area contributed by atoms with Gasteiger partial charge in [0.15, 0.2) is 0 Å². The molecule has 1 aliphatic heterocycles. The molecule has 0 aliphatic carbocycles. The second-order valence-corrected chi connectivity index (χ2v) is 3.56. The van der Waals surface area contributed by atoms with Crippen molar-refractivity contribution in [2.75, 3.05) is 20.8 Å². The predicted molar refractivity (Wildman–Crippen MR) is 53.7 cm³/mol. The Morgan fingerprint density at radius 3 is 2.62 bits per heavy atom. The Morgan fingerprint density at radius 1 is 1.50 bits per heavy atom. The molecule has 0 saturated carbocycles. The van der Waals surface area contributed by atoms with Gasteiger partial charge in [0.1, 0.15) is 6.10 Å². The van der Waals surface area contributed by atoms with Crippen molar-refractivity contribution in [3.63, 3.8) is 0 Å². The minimum atomic E-state index is -1.08. The summed E-state index contributed by atoms with van der Waals surface area (Å²) in [5.74, 6) is -0.253. The first-order valence-corrected chi connectivity index (χ1v) is 4.97. The number of hydrogen-bond acceptors (Lipinski definition) is 4. The van der Waals surface area contributed by atoms with E-state index in [-0.39, 0.29) is 18.6 Å². The SMILES string of the molecule is CON(C)C(=O)[C@@H]1CC[C@@H](NC(=O)O)CO1. The van der Waals surface area contributed by atoms with Crippen molar-refractivity contribution in [1.29, 1.82) is 0 Å². The number of carboxylic acid groups (broad SMARTS) is 1. The molecule has 7 nitrogen and oxygen atoms in total. The van der Waals surface area contributed by atoms with Crippen LogP contribution in [0.1, 0.15) is 12.8 Å². The summed E-state index contributed by atoms with van der Waals surface area (Å²) in [6.45, 7) is 0.209. The number of nitrogens with zero attached hydrogens (tertiary/aromatic N) is 1. The number of carbonyl (C=O) groups is 2. The minimum absolute atomic E-state index is 0.209. The standard InChI is InChI=1S/C9H16N2O5/c1-11(15-2)8(12)7-4-3-6(5-16-7)10-9(13)14/h6-7,10H,3-5H2,1-2H3,(H,13,14)/t6-,7+/m1/s1. The fraction of sp³-hybridized carbons (Fsp3) is 0.778. The second kappa shape index (κ2) is 5.66. The third-order valence-corrected chi connectivity index (χ3v) is 2.46. The highest BCUT2D eigenvalue weighted by Crippen LogP contribution is 2.15. The molecule has 1 rings (SSSR count). The Kier molecular flexibility index (Phi) is 4.51. The average Bonchev–Trinajstić information content (AvgIpc) is 2.27. The fourth-order valence-electron chi connectivity index (χ4n) is 1.53. The van der Waals surface area contributed by atoms with Gasteiger partial charge in [-0.1, -0.05) is 0 Å². The number of ether oxygens (including phenoxy) is 1. The van der Waals surface area contributed by atoms with E-state index in [4.69, 9.17) is 14.7 Å². The lowest BCUT2D eigenvalue weighted by Gasteiger charge is -2.29. The van der Waals surface area contributed by atoms with Crippen molar-refractivity contribution in [3.8, 4) is 0 Å². The van der Waals surface area contributed by atoms with Gasteiger partial charge in [-0.15, -0.1) is 0 Å². The number of likely N-dealkylation sites (N-methyl/N-ethyl adjacent to an activating group) is 1. The molecule has 0 aromatic rings. The normalized spacial score (nSPS) is 24.9. The van der Waals surface area contributed by atoms with E-state index >= 15 is 0 Å². The Morgan fingerprint density at radius 2 is 2.19 bits per heavy atom. The number of amides is 2. The summed E-state index contributed by atoms with van der Waals surface area (Å²) >= 11 is 0. The van der Waals surface area contributed by atoms with Crippen LogP contribution in [0.2, 0.25) is 0 Å². The van der Waals surface area contributed by atoms with E-state index in [1.54, 1.807) is 0 Å². The van der Waals surface area contributed by atoms with E-state index in [0.717, 1.165) is 5.06 Å². The summed E-state index contributed by atoms with van der Waals surface area (Å²) in [5.41, 5.74) is 0. The van der Waals surface area contributed by atoms with Crippen LogP contribution >= 0.6 is 0 Å². The highest BCUT2D eigenvalue weighted by Gasteiger charge is 2.29. The lowest BCUT2D eigenvalue weighted by Crippen LogP contribution is -2.47. The summed E-state index contributed by atoms with van der Waals surface area (Å²) in [6.07, 6.45) is -0.554. The lowest BCUT2D eigenvalue weighted by atomic mass is 10.0. The summed E-state index contributed by atoms with van der Waals surface area (Å²) in [7, 11) is 2.91. The molecule has 2 atom stereocenters. The highest BCUT2D eigenvalue weighted by atomic mass is 16.7. The fourth-order valence-corrected chi connectivity index (χ4v) is 1.53. The Balaban J connectivity index is 2.37. The lowest BCUT2D eigenvalue weighted by molar-refractivity contribution is -0.183. The van der Waals surface area contributed by atoms with E-state index < -0.39 is 12.2 Å². The van der Waals surface area contributed by atoms with Gasteiger partial charge in [-0.2, -0.15) is 0 Å². The summed E-state index contributed by atoms with van der Waals surface area (Å²) in [4.78, 5) is 26.7. The van der Waals surface area contributed by atoms with Gasteiger partial charge >= 0.3 is 6.09 Å². The van der Waals surface area contributed by atoms with Gasteiger partial charge in [-0.25, -0.2) is 9.86 Å². The molecule has 2 amide bonds. The summed E-state index contributed by atoms with van der Waals surface area (Å²) < 4.78 is 5.28. The molecule has 1 fully saturated rings. The first kappa shape index (κ1) is 12.7. The van der Waals surface area contributed by atoms with Gasteiger partial charge in [0.25, 0.3) is 5.91 Å². The van der Waals surface area contributed by atoms with Crippen LogP contribution in [0.15, 0.2) is 0 Å². The number of rotatable bonds is 3. The molecular formula is C9H16N2O5. The maximum absolute atomic E-state index is 11.6. The Bertz CT molecular complexity index is 263. The topological polar surface area (TPSA) is 88.1 Å².